The molecule has 0 amide bonds. The molecule has 0 aromatic heterocycles. The second kappa shape index (κ2) is 9.66. The first-order valence-corrected chi connectivity index (χ1v) is 7.41. The molecule has 0 fully saturated rings. The molecule has 0 aliphatic rings. The van der Waals surface area contributed by atoms with Gasteiger partial charge in [-0.15, -0.1) is 0 Å². The van der Waals surface area contributed by atoms with Crippen molar-refractivity contribution in [1.82, 2.24) is 10.6 Å². The summed E-state index contributed by atoms with van der Waals surface area (Å²) in [6, 6.07) is 6.26. The summed E-state index contributed by atoms with van der Waals surface area (Å²) >= 11 is 0. The number of esters is 1. The molecular weight excluding hydrogens is 301 g/mol. The maximum atomic E-state index is 13.5. The summed E-state index contributed by atoms with van der Waals surface area (Å²) in [5, 5.41) is 6.08. The van der Waals surface area contributed by atoms with E-state index in [1.54, 1.807) is 32.2 Å². The molecule has 2 N–H and O–H groups in total. The molecule has 2 unspecified atom stereocenters. The minimum atomic E-state index is -0.395. The first kappa shape index (κ1) is 18.7. The number of nitrogens with one attached hydrogen (secondary N) is 2. The second-order valence-corrected chi connectivity index (χ2v) is 5.12. The second-order valence-electron chi connectivity index (χ2n) is 5.12. The molecular formula is C16H24FN3O3. The molecule has 0 aliphatic carbocycles. The quantitative estimate of drug-likeness (QED) is 0.452. The lowest BCUT2D eigenvalue weighted by molar-refractivity contribution is -0.144. The number of ether oxygens (including phenoxy) is 2. The summed E-state index contributed by atoms with van der Waals surface area (Å²) < 4.78 is 23.7. The predicted molar refractivity (Wildman–Crippen MR) is 87.0 cm³/mol. The first-order chi connectivity index (χ1) is 11.0. The van der Waals surface area contributed by atoms with Gasteiger partial charge in [-0.25, -0.2) is 4.39 Å². The molecule has 2 atom stereocenters. The van der Waals surface area contributed by atoms with Gasteiger partial charge in [0.15, 0.2) is 17.5 Å². The third kappa shape index (κ3) is 6.54. The van der Waals surface area contributed by atoms with Crippen LogP contribution in [0.15, 0.2) is 29.3 Å². The average molecular weight is 325 g/mol. The highest BCUT2D eigenvalue weighted by Gasteiger charge is 2.14. The number of halogens is 1. The Morgan fingerprint density at radius 2 is 1.91 bits per heavy atom. The highest BCUT2D eigenvalue weighted by molar-refractivity contribution is 5.80. The highest BCUT2D eigenvalue weighted by Crippen LogP contribution is 2.16. The number of hydrogen-bond acceptors (Lipinski definition) is 4. The molecule has 128 valence electrons. The Balaban J connectivity index is 2.39. The maximum Gasteiger partial charge on any atom is 0.310 e. The Bertz CT molecular complexity index is 537. The fourth-order valence-corrected chi connectivity index (χ4v) is 1.79. The van der Waals surface area contributed by atoms with Gasteiger partial charge in [0.1, 0.15) is 6.10 Å². The first-order valence-electron chi connectivity index (χ1n) is 7.41. The Labute approximate surface area is 136 Å². The van der Waals surface area contributed by atoms with Crippen molar-refractivity contribution in [3.63, 3.8) is 0 Å². The molecule has 1 rings (SSSR count). The maximum absolute atomic E-state index is 13.5. The van der Waals surface area contributed by atoms with Crippen molar-refractivity contribution < 1.29 is 18.7 Å². The molecule has 0 radical (unpaired) electrons. The normalized spacial score (nSPS) is 13.9. The van der Waals surface area contributed by atoms with Crippen LogP contribution in [-0.4, -0.2) is 45.3 Å². The lowest BCUT2D eigenvalue weighted by Crippen LogP contribution is -2.44. The molecule has 23 heavy (non-hydrogen) atoms. The Morgan fingerprint density at radius 1 is 1.26 bits per heavy atom. The zero-order chi connectivity index (χ0) is 17.2. The average Bonchev–Trinajstić information content (AvgIpc) is 2.56. The lowest BCUT2D eigenvalue weighted by Gasteiger charge is -2.19. The van der Waals surface area contributed by atoms with Gasteiger partial charge in [0.2, 0.25) is 0 Å². The smallest absolute Gasteiger partial charge is 0.310 e. The van der Waals surface area contributed by atoms with Crippen LogP contribution in [0.3, 0.4) is 0 Å². The Morgan fingerprint density at radius 3 is 2.52 bits per heavy atom. The number of nitrogens with zero attached hydrogens (tertiary/aromatic N) is 1. The molecule has 1 aromatic rings. The van der Waals surface area contributed by atoms with E-state index in [0.29, 0.717) is 19.0 Å². The fraction of sp³-hybridized carbons (Fsp3) is 0.500. The van der Waals surface area contributed by atoms with Gasteiger partial charge in [-0.1, -0.05) is 19.1 Å². The van der Waals surface area contributed by atoms with Gasteiger partial charge >= 0.3 is 5.97 Å². The standard InChI is InChI=1S/C16H24FN3O3/c1-11(15(21)22-4)9-19-16(18-3)20-10-12(2)23-14-8-6-5-7-13(14)17/h5-8,11-12H,9-10H2,1-4H3,(H2,18,19,20). The summed E-state index contributed by atoms with van der Waals surface area (Å²) in [5.41, 5.74) is 0. The van der Waals surface area contributed by atoms with Crippen molar-refractivity contribution in [3.8, 4) is 5.75 Å². The van der Waals surface area contributed by atoms with Gasteiger partial charge in [-0.2, -0.15) is 0 Å². The van der Waals surface area contributed by atoms with Crippen LogP contribution in [-0.2, 0) is 9.53 Å². The third-order valence-electron chi connectivity index (χ3n) is 3.12. The van der Waals surface area contributed by atoms with Crippen molar-refractivity contribution in [2.24, 2.45) is 10.9 Å². The number of carbonyl (C=O) groups is 1. The van der Waals surface area contributed by atoms with E-state index < -0.39 is 5.82 Å². The van der Waals surface area contributed by atoms with Gasteiger partial charge in [-0.05, 0) is 19.1 Å². The van der Waals surface area contributed by atoms with Crippen LogP contribution in [0.5, 0.6) is 5.75 Å². The van der Waals surface area contributed by atoms with Crippen molar-refractivity contribution in [2.45, 2.75) is 20.0 Å². The third-order valence-corrected chi connectivity index (χ3v) is 3.12. The fourth-order valence-electron chi connectivity index (χ4n) is 1.79. The van der Waals surface area contributed by atoms with E-state index in [1.807, 2.05) is 6.92 Å². The molecule has 0 aliphatic heterocycles. The van der Waals surface area contributed by atoms with Crippen molar-refractivity contribution in [1.29, 1.82) is 0 Å². The molecule has 0 saturated heterocycles. The summed E-state index contributed by atoms with van der Waals surface area (Å²) in [6.45, 7) is 4.41. The molecule has 7 heteroatoms. The van der Waals surface area contributed by atoms with E-state index in [9.17, 15) is 9.18 Å². The zero-order valence-corrected chi connectivity index (χ0v) is 13.9. The number of para-hydroxylation sites is 1. The lowest BCUT2D eigenvalue weighted by atomic mass is 10.2. The number of methoxy groups -OCH3 is 1. The van der Waals surface area contributed by atoms with Crippen LogP contribution in [0.25, 0.3) is 0 Å². The predicted octanol–water partition coefficient (Wildman–Crippen LogP) is 1.57. The van der Waals surface area contributed by atoms with E-state index in [0.717, 1.165) is 0 Å². The summed E-state index contributed by atoms with van der Waals surface area (Å²) in [7, 11) is 2.98. The SMILES string of the molecule is CN=C(NCC(C)Oc1ccccc1F)NCC(C)C(=O)OC. The van der Waals surface area contributed by atoms with Crippen LogP contribution >= 0.6 is 0 Å². The van der Waals surface area contributed by atoms with E-state index >= 15 is 0 Å². The number of hydrogen-bond donors (Lipinski definition) is 2. The van der Waals surface area contributed by atoms with Gasteiger partial charge in [0, 0.05) is 13.6 Å². The van der Waals surface area contributed by atoms with Crippen molar-refractivity contribution in [3.05, 3.63) is 30.1 Å². The van der Waals surface area contributed by atoms with Gasteiger partial charge in [0.25, 0.3) is 0 Å². The van der Waals surface area contributed by atoms with E-state index in [-0.39, 0.29) is 23.7 Å². The minimum absolute atomic E-state index is 0.212. The largest absolute Gasteiger partial charge is 0.486 e. The van der Waals surface area contributed by atoms with Crippen LogP contribution in [0, 0.1) is 11.7 Å². The van der Waals surface area contributed by atoms with Crippen molar-refractivity contribution in [2.75, 3.05) is 27.2 Å². The monoisotopic (exact) mass is 325 g/mol. The zero-order valence-electron chi connectivity index (χ0n) is 13.9. The van der Waals surface area contributed by atoms with Crippen LogP contribution in [0.4, 0.5) is 4.39 Å². The van der Waals surface area contributed by atoms with Gasteiger partial charge in [0.05, 0.1) is 19.6 Å². The molecule has 6 nitrogen and oxygen atoms in total. The molecule has 0 spiro atoms. The molecule has 0 saturated carbocycles. The van der Waals surface area contributed by atoms with Crippen LogP contribution in [0.2, 0.25) is 0 Å². The van der Waals surface area contributed by atoms with Gasteiger partial charge in [-0.3, -0.25) is 9.79 Å². The van der Waals surface area contributed by atoms with Gasteiger partial charge < -0.3 is 20.1 Å². The number of rotatable bonds is 7. The number of benzene rings is 1. The van der Waals surface area contributed by atoms with E-state index in [4.69, 9.17) is 4.74 Å². The summed E-state index contributed by atoms with van der Waals surface area (Å²) in [4.78, 5) is 15.4. The highest BCUT2D eigenvalue weighted by atomic mass is 19.1. The van der Waals surface area contributed by atoms with E-state index in [2.05, 4.69) is 20.4 Å². The number of carbonyl (C=O) groups excluding carboxylic acids is 1. The summed E-state index contributed by atoms with van der Waals surface area (Å²) in [6.07, 6.45) is -0.261. The number of guanidine groups is 1. The van der Waals surface area contributed by atoms with Crippen LogP contribution in [0.1, 0.15) is 13.8 Å². The Kier molecular flexibility index (Phi) is 7.87. The molecule has 0 bridgehead atoms. The molecule has 0 heterocycles. The summed E-state index contributed by atoms with van der Waals surface area (Å²) in [5.74, 6) is -0.225. The van der Waals surface area contributed by atoms with Crippen molar-refractivity contribution >= 4 is 11.9 Å². The van der Waals surface area contributed by atoms with Crippen LogP contribution < -0.4 is 15.4 Å². The number of aliphatic imine (C=N–C) groups is 1. The Hall–Kier alpha value is -2.31. The van der Waals surface area contributed by atoms with E-state index in [1.165, 1.54) is 13.2 Å². The molecule has 1 aromatic carbocycles. The topological polar surface area (TPSA) is 72.0 Å². The minimum Gasteiger partial charge on any atom is -0.486 e.